The van der Waals surface area contributed by atoms with Crippen LogP contribution in [0.3, 0.4) is 0 Å². The van der Waals surface area contributed by atoms with E-state index in [1.165, 1.54) is 30.4 Å². The lowest BCUT2D eigenvalue weighted by atomic mass is 10.0. The Morgan fingerprint density at radius 1 is 0.340 bits per heavy atom. The Kier molecular flexibility index (Phi) is 10.5. The number of rotatable bonds is 14. The smallest absolute Gasteiger partial charge is 0.119 e. The van der Waals surface area contributed by atoms with Crippen LogP contribution in [-0.2, 0) is 12.8 Å². The van der Waals surface area contributed by atoms with Gasteiger partial charge in [-0.1, -0.05) is 67.1 Å². The third kappa shape index (κ3) is 8.03. The largest absolute Gasteiger partial charge is 0.497 e. The maximum absolute atomic E-state index is 5.38. The number of unbranched alkanes of at least 4 members (excludes halogenated alkanes) is 2. The van der Waals surface area contributed by atoms with E-state index in [1.54, 1.807) is 14.2 Å². The van der Waals surface area contributed by atoms with Crippen molar-refractivity contribution < 1.29 is 9.47 Å². The van der Waals surface area contributed by atoms with E-state index >= 15 is 0 Å². The minimum atomic E-state index is 0.855. The molecule has 0 saturated heterocycles. The molecule has 6 aromatic rings. The minimum Gasteiger partial charge on any atom is -0.497 e. The molecule has 0 saturated carbocycles. The molecule has 0 aliphatic carbocycles. The van der Waals surface area contributed by atoms with Gasteiger partial charge in [0, 0.05) is 34.1 Å². The molecule has 0 unspecified atom stereocenters. The topological polar surface area (TPSA) is 24.9 Å². The van der Waals surface area contributed by atoms with Gasteiger partial charge in [0.25, 0.3) is 0 Å². The van der Waals surface area contributed by atoms with Gasteiger partial charge in [-0.25, -0.2) is 0 Å². The van der Waals surface area contributed by atoms with Crippen LogP contribution < -0.4 is 19.3 Å². The summed E-state index contributed by atoms with van der Waals surface area (Å²) in [6, 6.07) is 55.5. The minimum absolute atomic E-state index is 0.855. The van der Waals surface area contributed by atoms with Crippen molar-refractivity contribution in [1.29, 1.82) is 0 Å². The third-order valence-corrected chi connectivity index (χ3v) is 8.51. The van der Waals surface area contributed by atoms with Crippen LogP contribution >= 0.6 is 0 Å². The van der Waals surface area contributed by atoms with Crippen molar-refractivity contribution in [3.8, 4) is 11.5 Å². The highest BCUT2D eigenvalue weighted by Gasteiger charge is 2.14. The molecule has 236 valence electrons. The van der Waals surface area contributed by atoms with Crippen LogP contribution in [0.4, 0.5) is 34.1 Å². The van der Waals surface area contributed by atoms with E-state index in [0.29, 0.717) is 0 Å². The molecule has 0 aromatic heterocycles. The molecule has 0 amide bonds. The van der Waals surface area contributed by atoms with Crippen LogP contribution in [0, 0.1) is 0 Å². The standard InChI is InChI=1S/C43H42N2O2/c1-46-42-30-26-40(27-31-42)44(36-14-8-4-9-15-36)38-22-18-34(19-23-38)12-6-3-7-13-35-20-24-39(25-21-35)45(37-16-10-5-11-17-37)41-28-32-43(47-2)33-29-41/h4-5,8-11,14-33H,3,6-7,12-13H2,1-2H3. The fourth-order valence-electron chi connectivity index (χ4n) is 5.97. The molecular formula is C43H42N2O2. The monoisotopic (exact) mass is 618 g/mol. The SMILES string of the molecule is COc1ccc(N(c2ccccc2)c2ccc(CCCCCc3ccc(N(c4ccccc4)c4ccc(OC)cc4)cc3)cc2)cc1. The molecule has 0 aliphatic rings. The third-order valence-electron chi connectivity index (χ3n) is 8.51. The van der Waals surface area contributed by atoms with Crippen molar-refractivity contribution in [3.63, 3.8) is 0 Å². The van der Waals surface area contributed by atoms with Gasteiger partial charge < -0.3 is 19.3 Å². The van der Waals surface area contributed by atoms with Gasteiger partial charge >= 0.3 is 0 Å². The predicted octanol–water partition coefficient (Wildman–Crippen LogP) is 11.6. The van der Waals surface area contributed by atoms with Crippen LogP contribution in [0.15, 0.2) is 158 Å². The van der Waals surface area contributed by atoms with E-state index in [4.69, 9.17) is 9.47 Å². The molecule has 0 bridgehead atoms. The number of ether oxygens (including phenoxy) is 2. The summed E-state index contributed by atoms with van der Waals surface area (Å²) in [6.45, 7) is 0. The number of anilines is 6. The number of nitrogens with zero attached hydrogens (tertiary/aromatic N) is 2. The molecule has 0 radical (unpaired) electrons. The van der Waals surface area contributed by atoms with Crippen LogP contribution in [0.1, 0.15) is 30.4 Å². The normalized spacial score (nSPS) is 10.8. The summed E-state index contributed by atoms with van der Waals surface area (Å²) in [4.78, 5) is 4.56. The van der Waals surface area contributed by atoms with Crippen molar-refractivity contribution in [3.05, 3.63) is 169 Å². The first-order valence-electron chi connectivity index (χ1n) is 16.4. The quantitative estimate of drug-likeness (QED) is 0.113. The Bertz CT molecular complexity index is 1650. The van der Waals surface area contributed by atoms with Crippen molar-refractivity contribution in [2.45, 2.75) is 32.1 Å². The highest BCUT2D eigenvalue weighted by atomic mass is 16.5. The van der Waals surface area contributed by atoms with Gasteiger partial charge in [0.2, 0.25) is 0 Å². The fraction of sp³-hybridized carbons (Fsp3) is 0.163. The molecule has 6 rings (SSSR count). The maximum atomic E-state index is 5.38. The van der Waals surface area contributed by atoms with Gasteiger partial charge in [0.05, 0.1) is 14.2 Å². The van der Waals surface area contributed by atoms with Crippen LogP contribution in [-0.4, -0.2) is 14.2 Å². The second-order valence-electron chi connectivity index (χ2n) is 11.6. The lowest BCUT2D eigenvalue weighted by molar-refractivity contribution is 0.414. The fourth-order valence-corrected chi connectivity index (χ4v) is 5.97. The summed E-state index contributed by atoms with van der Waals surface area (Å²) in [5, 5.41) is 0. The van der Waals surface area contributed by atoms with Crippen molar-refractivity contribution >= 4 is 34.1 Å². The van der Waals surface area contributed by atoms with E-state index in [1.807, 2.05) is 24.3 Å². The number of methoxy groups -OCH3 is 2. The van der Waals surface area contributed by atoms with E-state index in [0.717, 1.165) is 58.5 Å². The summed E-state index contributed by atoms with van der Waals surface area (Å²) in [7, 11) is 3.40. The van der Waals surface area contributed by atoms with Crippen molar-refractivity contribution in [2.24, 2.45) is 0 Å². The molecule has 4 nitrogen and oxygen atoms in total. The Labute approximate surface area is 279 Å². The summed E-state index contributed by atoms with van der Waals surface area (Å²) < 4.78 is 10.8. The Hall–Kier alpha value is -5.48. The lowest BCUT2D eigenvalue weighted by Gasteiger charge is -2.25. The maximum Gasteiger partial charge on any atom is 0.119 e. The molecule has 0 heterocycles. The average Bonchev–Trinajstić information content (AvgIpc) is 3.14. The van der Waals surface area contributed by atoms with Gasteiger partial charge in [-0.2, -0.15) is 0 Å². The summed E-state index contributed by atoms with van der Waals surface area (Å²) in [6.07, 6.45) is 5.73. The van der Waals surface area contributed by atoms with Gasteiger partial charge in [0.1, 0.15) is 11.5 Å². The van der Waals surface area contributed by atoms with Gasteiger partial charge in [-0.15, -0.1) is 0 Å². The van der Waals surface area contributed by atoms with Crippen molar-refractivity contribution in [1.82, 2.24) is 0 Å². The number of hydrogen-bond acceptors (Lipinski definition) is 4. The summed E-state index contributed by atoms with van der Waals surface area (Å²) >= 11 is 0. The molecule has 0 atom stereocenters. The van der Waals surface area contributed by atoms with Gasteiger partial charge in [-0.05, 0) is 134 Å². The first-order valence-corrected chi connectivity index (χ1v) is 16.4. The van der Waals surface area contributed by atoms with E-state index in [-0.39, 0.29) is 0 Å². The molecule has 0 aliphatic heterocycles. The molecule has 0 fully saturated rings. The zero-order chi connectivity index (χ0) is 32.3. The van der Waals surface area contributed by atoms with Crippen LogP contribution in [0.5, 0.6) is 11.5 Å². The second kappa shape index (κ2) is 15.7. The van der Waals surface area contributed by atoms with Crippen LogP contribution in [0.2, 0.25) is 0 Å². The first-order chi connectivity index (χ1) is 23.2. The Morgan fingerprint density at radius 3 is 0.957 bits per heavy atom. The highest BCUT2D eigenvalue weighted by molar-refractivity contribution is 5.78. The molecule has 0 N–H and O–H groups in total. The van der Waals surface area contributed by atoms with Crippen LogP contribution in [0.25, 0.3) is 0 Å². The van der Waals surface area contributed by atoms with E-state index in [2.05, 4.69) is 143 Å². The summed E-state index contributed by atoms with van der Waals surface area (Å²) in [5.74, 6) is 1.71. The Balaban J connectivity index is 1.04. The number of hydrogen-bond donors (Lipinski definition) is 0. The predicted molar refractivity (Wildman–Crippen MR) is 197 cm³/mol. The van der Waals surface area contributed by atoms with Gasteiger partial charge in [-0.3, -0.25) is 0 Å². The van der Waals surface area contributed by atoms with Gasteiger partial charge in [0.15, 0.2) is 0 Å². The average molecular weight is 619 g/mol. The zero-order valence-electron chi connectivity index (χ0n) is 27.3. The van der Waals surface area contributed by atoms with E-state index in [9.17, 15) is 0 Å². The lowest BCUT2D eigenvalue weighted by Crippen LogP contribution is -2.09. The Morgan fingerprint density at radius 2 is 0.638 bits per heavy atom. The molecule has 6 aromatic carbocycles. The molecular weight excluding hydrogens is 576 g/mol. The number of benzene rings is 6. The zero-order valence-corrected chi connectivity index (χ0v) is 27.3. The molecule has 47 heavy (non-hydrogen) atoms. The summed E-state index contributed by atoms with van der Waals surface area (Å²) in [5.41, 5.74) is 9.51. The van der Waals surface area contributed by atoms with Crippen molar-refractivity contribution in [2.75, 3.05) is 24.0 Å². The first kappa shape index (κ1) is 31.5. The molecule has 0 spiro atoms. The highest BCUT2D eigenvalue weighted by Crippen LogP contribution is 2.36. The number of para-hydroxylation sites is 2. The molecule has 4 heteroatoms. The van der Waals surface area contributed by atoms with E-state index < -0.39 is 0 Å². The number of aryl methyl sites for hydroxylation is 2. The second-order valence-corrected chi connectivity index (χ2v) is 11.6.